The molecule has 1 atom stereocenters. The SMILES string of the molecule is O=C(N[C@H](Cc1cccc(Cl)c1)C(=O)O)c1ccc(C(F)(F)F)cc1. The smallest absolute Gasteiger partial charge is 0.416 e. The Hall–Kier alpha value is -2.54. The molecule has 0 fully saturated rings. The lowest BCUT2D eigenvalue weighted by Gasteiger charge is -2.15. The molecule has 2 N–H and O–H groups in total. The highest BCUT2D eigenvalue weighted by molar-refractivity contribution is 6.30. The second-order valence-corrected chi connectivity index (χ2v) is 5.71. The third-order valence-electron chi connectivity index (χ3n) is 3.41. The average molecular weight is 372 g/mol. The highest BCUT2D eigenvalue weighted by Crippen LogP contribution is 2.29. The van der Waals surface area contributed by atoms with Gasteiger partial charge in [-0.05, 0) is 42.0 Å². The van der Waals surface area contributed by atoms with E-state index in [4.69, 9.17) is 11.6 Å². The first-order valence-electron chi connectivity index (χ1n) is 7.12. The number of carbonyl (C=O) groups is 2. The predicted molar refractivity (Wildman–Crippen MR) is 85.5 cm³/mol. The van der Waals surface area contributed by atoms with Gasteiger partial charge in [0.1, 0.15) is 6.04 Å². The van der Waals surface area contributed by atoms with Gasteiger partial charge in [0.25, 0.3) is 5.91 Å². The van der Waals surface area contributed by atoms with Crippen molar-refractivity contribution in [3.8, 4) is 0 Å². The Morgan fingerprint density at radius 1 is 1.12 bits per heavy atom. The molecule has 0 radical (unpaired) electrons. The monoisotopic (exact) mass is 371 g/mol. The lowest BCUT2D eigenvalue weighted by atomic mass is 10.0. The molecule has 1 amide bonds. The Morgan fingerprint density at radius 3 is 2.28 bits per heavy atom. The van der Waals surface area contributed by atoms with Gasteiger partial charge in [-0.25, -0.2) is 4.79 Å². The second kappa shape index (κ2) is 7.57. The summed E-state index contributed by atoms with van der Waals surface area (Å²) in [5, 5.41) is 12.0. The molecule has 25 heavy (non-hydrogen) atoms. The van der Waals surface area contributed by atoms with E-state index >= 15 is 0 Å². The molecule has 0 heterocycles. The number of nitrogens with one attached hydrogen (secondary N) is 1. The molecular weight excluding hydrogens is 359 g/mol. The summed E-state index contributed by atoms with van der Waals surface area (Å²) in [7, 11) is 0. The Bertz CT molecular complexity index is 775. The summed E-state index contributed by atoms with van der Waals surface area (Å²) in [6.45, 7) is 0. The molecule has 2 rings (SSSR count). The molecule has 0 saturated carbocycles. The van der Waals surface area contributed by atoms with Crippen molar-refractivity contribution in [3.63, 3.8) is 0 Å². The fraction of sp³-hybridized carbons (Fsp3) is 0.176. The van der Waals surface area contributed by atoms with Crippen LogP contribution in [0.5, 0.6) is 0 Å². The van der Waals surface area contributed by atoms with Gasteiger partial charge in [-0.3, -0.25) is 4.79 Å². The maximum absolute atomic E-state index is 12.5. The minimum atomic E-state index is -4.51. The van der Waals surface area contributed by atoms with Crippen LogP contribution in [-0.4, -0.2) is 23.0 Å². The highest BCUT2D eigenvalue weighted by Gasteiger charge is 2.30. The van der Waals surface area contributed by atoms with E-state index in [2.05, 4.69) is 5.32 Å². The average Bonchev–Trinajstić information content (AvgIpc) is 2.53. The van der Waals surface area contributed by atoms with Crippen LogP contribution in [-0.2, 0) is 17.4 Å². The molecule has 0 saturated heterocycles. The largest absolute Gasteiger partial charge is 0.480 e. The van der Waals surface area contributed by atoms with Gasteiger partial charge in [-0.2, -0.15) is 13.2 Å². The normalized spacial score (nSPS) is 12.5. The number of halogens is 4. The maximum Gasteiger partial charge on any atom is 0.416 e. The van der Waals surface area contributed by atoms with E-state index in [1.165, 1.54) is 0 Å². The number of amides is 1. The van der Waals surface area contributed by atoms with Crippen molar-refractivity contribution in [2.24, 2.45) is 0 Å². The van der Waals surface area contributed by atoms with E-state index in [0.717, 1.165) is 24.3 Å². The summed E-state index contributed by atoms with van der Waals surface area (Å²) in [4.78, 5) is 23.4. The molecule has 0 unspecified atom stereocenters. The first-order valence-corrected chi connectivity index (χ1v) is 7.50. The van der Waals surface area contributed by atoms with Crippen molar-refractivity contribution in [2.75, 3.05) is 0 Å². The van der Waals surface area contributed by atoms with E-state index in [1.54, 1.807) is 24.3 Å². The van der Waals surface area contributed by atoms with E-state index < -0.39 is 29.7 Å². The fourth-order valence-corrected chi connectivity index (χ4v) is 2.36. The lowest BCUT2D eigenvalue weighted by Crippen LogP contribution is -2.42. The van der Waals surface area contributed by atoms with Gasteiger partial charge in [0, 0.05) is 17.0 Å². The van der Waals surface area contributed by atoms with Gasteiger partial charge in [0.15, 0.2) is 0 Å². The van der Waals surface area contributed by atoms with E-state index in [1.807, 2.05) is 0 Å². The number of alkyl halides is 3. The maximum atomic E-state index is 12.5. The molecule has 0 aromatic heterocycles. The number of carboxylic acids is 1. The summed E-state index contributed by atoms with van der Waals surface area (Å²) in [5.74, 6) is -2.04. The molecular formula is C17H13ClF3NO3. The minimum Gasteiger partial charge on any atom is -0.480 e. The van der Waals surface area contributed by atoms with Crippen molar-refractivity contribution in [1.82, 2.24) is 5.32 Å². The first-order chi connectivity index (χ1) is 11.7. The lowest BCUT2D eigenvalue weighted by molar-refractivity contribution is -0.139. The fourth-order valence-electron chi connectivity index (χ4n) is 2.15. The van der Waals surface area contributed by atoms with Crippen LogP contribution in [0.2, 0.25) is 5.02 Å². The minimum absolute atomic E-state index is 0.0116. The Balaban J connectivity index is 2.11. The highest BCUT2D eigenvalue weighted by atomic mass is 35.5. The van der Waals surface area contributed by atoms with E-state index in [-0.39, 0.29) is 12.0 Å². The number of hydrogen-bond acceptors (Lipinski definition) is 2. The molecule has 132 valence electrons. The van der Waals surface area contributed by atoms with Crippen LogP contribution in [0.25, 0.3) is 0 Å². The summed E-state index contributed by atoms with van der Waals surface area (Å²) in [6.07, 6.45) is -4.52. The van der Waals surface area contributed by atoms with Gasteiger partial charge < -0.3 is 10.4 Å². The van der Waals surface area contributed by atoms with Crippen molar-refractivity contribution >= 4 is 23.5 Å². The number of hydrogen-bond donors (Lipinski definition) is 2. The molecule has 4 nitrogen and oxygen atoms in total. The van der Waals surface area contributed by atoms with Crippen molar-refractivity contribution in [2.45, 2.75) is 18.6 Å². The Kier molecular flexibility index (Phi) is 5.69. The van der Waals surface area contributed by atoms with Crippen LogP contribution >= 0.6 is 11.6 Å². The quantitative estimate of drug-likeness (QED) is 0.840. The summed E-state index contributed by atoms with van der Waals surface area (Å²) in [5.41, 5.74) is -0.351. The number of aliphatic carboxylic acids is 1. The Morgan fingerprint density at radius 2 is 1.76 bits per heavy atom. The van der Waals surface area contributed by atoms with Gasteiger partial charge in [0.2, 0.25) is 0 Å². The number of carboxylic acid groups (broad SMARTS) is 1. The standard InChI is InChI=1S/C17H13ClF3NO3/c18-13-3-1-2-10(8-13)9-14(16(24)25)22-15(23)11-4-6-12(7-5-11)17(19,20)21/h1-8,14H,9H2,(H,22,23)(H,24,25)/t14-/m1/s1. The molecule has 0 aliphatic heterocycles. The molecule has 2 aromatic carbocycles. The van der Waals surface area contributed by atoms with Crippen LogP contribution in [0.3, 0.4) is 0 Å². The van der Waals surface area contributed by atoms with Crippen LogP contribution in [0.1, 0.15) is 21.5 Å². The van der Waals surface area contributed by atoms with Crippen LogP contribution in [0, 0.1) is 0 Å². The zero-order valence-corrected chi connectivity index (χ0v) is 13.4. The zero-order valence-electron chi connectivity index (χ0n) is 12.7. The summed E-state index contributed by atoms with van der Waals surface area (Å²) < 4.78 is 37.6. The van der Waals surface area contributed by atoms with E-state index in [0.29, 0.717) is 10.6 Å². The van der Waals surface area contributed by atoms with Gasteiger partial charge >= 0.3 is 12.1 Å². The molecule has 8 heteroatoms. The predicted octanol–water partition coefficient (Wildman–Crippen LogP) is 3.78. The van der Waals surface area contributed by atoms with Crippen LogP contribution in [0.15, 0.2) is 48.5 Å². The number of carbonyl (C=O) groups excluding carboxylic acids is 1. The topological polar surface area (TPSA) is 66.4 Å². The summed E-state index contributed by atoms with van der Waals surface area (Å²) in [6, 6.07) is 8.79. The second-order valence-electron chi connectivity index (χ2n) is 5.27. The van der Waals surface area contributed by atoms with Crippen molar-refractivity contribution in [1.29, 1.82) is 0 Å². The number of benzene rings is 2. The molecule has 0 aliphatic carbocycles. The van der Waals surface area contributed by atoms with Crippen LogP contribution in [0.4, 0.5) is 13.2 Å². The third-order valence-corrected chi connectivity index (χ3v) is 3.64. The van der Waals surface area contributed by atoms with Gasteiger partial charge in [0.05, 0.1) is 5.56 Å². The van der Waals surface area contributed by atoms with Gasteiger partial charge in [-0.15, -0.1) is 0 Å². The first kappa shape index (κ1) is 18.8. The number of rotatable bonds is 5. The molecule has 0 aliphatic rings. The Labute approximate surface area is 146 Å². The van der Waals surface area contributed by atoms with Crippen molar-refractivity contribution in [3.05, 3.63) is 70.2 Å². The van der Waals surface area contributed by atoms with Crippen LogP contribution < -0.4 is 5.32 Å². The molecule has 0 bridgehead atoms. The third kappa shape index (κ3) is 5.22. The summed E-state index contributed by atoms with van der Waals surface area (Å²) >= 11 is 5.83. The zero-order chi connectivity index (χ0) is 18.6. The molecule has 2 aromatic rings. The van der Waals surface area contributed by atoms with Crippen molar-refractivity contribution < 1.29 is 27.9 Å². The van der Waals surface area contributed by atoms with E-state index in [9.17, 15) is 27.9 Å². The van der Waals surface area contributed by atoms with Gasteiger partial charge in [-0.1, -0.05) is 23.7 Å². The molecule has 0 spiro atoms.